The molecule has 3 nitrogen and oxygen atoms in total. The summed E-state index contributed by atoms with van der Waals surface area (Å²) in [5, 5.41) is 9.51. The van der Waals surface area contributed by atoms with Crippen LogP contribution in [0.25, 0.3) is 0 Å². The molecule has 0 saturated heterocycles. The summed E-state index contributed by atoms with van der Waals surface area (Å²) in [6, 6.07) is 7.63. The van der Waals surface area contributed by atoms with Crippen LogP contribution in [0.1, 0.15) is 44.3 Å². The summed E-state index contributed by atoms with van der Waals surface area (Å²) in [5.74, 6) is 0.818. The first-order chi connectivity index (χ1) is 8.65. The molecule has 2 rings (SSSR count). The molecule has 1 aromatic carbocycles. The van der Waals surface area contributed by atoms with Crippen LogP contribution in [-0.2, 0) is 4.74 Å². The van der Waals surface area contributed by atoms with Crippen molar-refractivity contribution >= 4 is 0 Å². The number of aliphatic hydroxyl groups is 1. The molecule has 3 heteroatoms. The maximum Gasteiger partial charge on any atom is 0.119 e. The maximum absolute atomic E-state index is 9.51. The minimum Gasteiger partial charge on any atom is -0.493 e. The van der Waals surface area contributed by atoms with Gasteiger partial charge in [0.1, 0.15) is 5.75 Å². The molecule has 0 aromatic heterocycles. The molecule has 0 aliphatic heterocycles. The fraction of sp³-hybridized carbons (Fsp3) is 0.600. The molecule has 0 spiro atoms. The minimum absolute atomic E-state index is 0.0574. The molecule has 18 heavy (non-hydrogen) atoms. The predicted molar refractivity (Wildman–Crippen MR) is 70.8 cm³/mol. The van der Waals surface area contributed by atoms with Gasteiger partial charge in [0.05, 0.1) is 18.3 Å². The van der Waals surface area contributed by atoms with Gasteiger partial charge in [0.15, 0.2) is 0 Å². The van der Waals surface area contributed by atoms with Crippen LogP contribution in [0.4, 0.5) is 0 Å². The first-order valence-electron chi connectivity index (χ1n) is 6.61. The van der Waals surface area contributed by atoms with Crippen LogP contribution in [0.2, 0.25) is 0 Å². The molecule has 0 radical (unpaired) electrons. The van der Waals surface area contributed by atoms with E-state index >= 15 is 0 Å². The molecular weight excluding hydrogens is 228 g/mol. The molecule has 0 amide bonds. The Morgan fingerprint density at radius 1 is 1.39 bits per heavy atom. The van der Waals surface area contributed by atoms with Crippen molar-refractivity contribution in [3.05, 3.63) is 29.8 Å². The van der Waals surface area contributed by atoms with Crippen molar-refractivity contribution in [3.63, 3.8) is 0 Å². The molecule has 0 heterocycles. The number of ether oxygens (including phenoxy) is 2. The van der Waals surface area contributed by atoms with Gasteiger partial charge in [0.25, 0.3) is 0 Å². The third-order valence-electron chi connectivity index (χ3n) is 3.86. The van der Waals surface area contributed by atoms with Crippen molar-refractivity contribution in [1.82, 2.24) is 0 Å². The molecule has 0 unspecified atom stereocenters. The fourth-order valence-corrected chi connectivity index (χ4v) is 2.35. The zero-order valence-electron chi connectivity index (χ0n) is 11.2. The van der Waals surface area contributed by atoms with Crippen molar-refractivity contribution in [3.8, 4) is 5.75 Å². The smallest absolute Gasteiger partial charge is 0.119 e. The molecule has 1 aliphatic rings. The lowest BCUT2D eigenvalue weighted by Gasteiger charge is -2.40. The van der Waals surface area contributed by atoms with Crippen LogP contribution in [0, 0.1) is 0 Å². The van der Waals surface area contributed by atoms with Crippen molar-refractivity contribution in [2.45, 2.75) is 44.3 Å². The van der Waals surface area contributed by atoms with Crippen LogP contribution in [0.5, 0.6) is 5.75 Å². The summed E-state index contributed by atoms with van der Waals surface area (Å²) in [6.07, 6.45) is 4.01. The van der Waals surface area contributed by atoms with Gasteiger partial charge in [-0.05, 0) is 43.9 Å². The highest BCUT2D eigenvalue weighted by atomic mass is 16.5. The Kier molecular flexibility index (Phi) is 4.25. The number of hydrogen-bond acceptors (Lipinski definition) is 3. The van der Waals surface area contributed by atoms with Gasteiger partial charge in [-0.3, -0.25) is 0 Å². The topological polar surface area (TPSA) is 38.7 Å². The highest BCUT2D eigenvalue weighted by Crippen LogP contribution is 2.37. The Hall–Kier alpha value is -1.06. The molecule has 1 saturated carbocycles. The summed E-state index contributed by atoms with van der Waals surface area (Å²) < 4.78 is 11.3. The zero-order chi connectivity index (χ0) is 13.0. The first-order valence-corrected chi connectivity index (χ1v) is 6.61. The van der Waals surface area contributed by atoms with Crippen LogP contribution < -0.4 is 4.74 Å². The average molecular weight is 250 g/mol. The van der Waals surface area contributed by atoms with E-state index in [-0.39, 0.29) is 5.60 Å². The minimum atomic E-state index is -0.453. The number of benzene rings is 1. The molecular formula is C15H22O3. The largest absolute Gasteiger partial charge is 0.493 e. The van der Waals surface area contributed by atoms with Crippen LogP contribution >= 0.6 is 0 Å². The predicted octanol–water partition coefficient (Wildman–Crippen LogP) is 3.08. The lowest BCUT2D eigenvalue weighted by Crippen LogP contribution is -2.40. The molecule has 1 fully saturated rings. The molecule has 0 bridgehead atoms. The van der Waals surface area contributed by atoms with E-state index in [0.29, 0.717) is 6.61 Å². The highest BCUT2D eigenvalue weighted by Gasteiger charge is 2.36. The van der Waals surface area contributed by atoms with E-state index < -0.39 is 6.10 Å². The van der Waals surface area contributed by atoms with E-state index in [2.05, 4.69) is 0 Å². The molecule has 1 aliphatic carbocycles. The number of aliphatic hydroxyl groups excluding tert-OH is 1. The van der Waals surface area contributed by atoms with Crippen molar-refractivity contribution in [2.75, 3.05) is 13.7 Å². The Morgan fingerprint density at radius 3 is 2.72 bits per heavy atom. The van der Waals surface area contributed by atoms with Gasteiger partial charge < -0.3 is 14.6 Å². The van der Waals surface area contributed by atoms with E-state index in [9.17, 15) is 5.11 Å². The van der Waals surface area contributed by atoms with E-state index in [1.165, 1.54) is 6.42 Å². The Bertz CT molecular complexity index is 378. The van der Waals surface area contributed by atoms with Crippen molar-refractivity contribution in [2.24, 2.45) is 0 Å². The summed E-state index contributed by atoms with van der Waals surface area (Å²) in [7, 11) is 1.78. The summed E-state index contributed by atoms with van der Waals surface area (Å²) in [6.45, 7) is 2.42. The molecule has 1 atom stereocenters. The quantitative estimate of drug-likeness (QED) is 0.843. The highest BCUT2D eigenvalue weighted by molar-refractivity contribution is 5.29. The SMILES string of the molecule is COC1(CCOc2cccc([C@H](C)O)c2)CCC1. The summed E-state index contributed by atoms with van der Waals surface area (Å²) in [5.41, 5.74) is 0.944. The van der Waals surface area contributed by atoms with Gasteiger partial charge in [0, 0.05) is 13.5 Å². The fourth-order valence-electron chi connectivity index (χ4n) is 2.35. The summed E-state index contributed by atoms with van der Waals surface area (Å²) >= 11 is 0. The standard InChI is InChI=1S/C15H22O3/c1-12(16)13-5-3-6-14(11-13)18-10-9-15(17-2)7-4-8-15/h3,5-6,11-12,16H,4,7-10H2,1-2H3/t12-/m0/s1. The van der Waals surface area contributed by atoms with Gasteiger partial charge in [-0.25, -0.2) is 0 Å². The Balaban J connectivity index is 1.84. The van der Waals surface area contributed by atoms with E-state index in [1.54, 1.807) is 14.0 Å². The monoisotopic (exact) mass is 250 g/mol. The normalized spacial score (nSPS) is 19.1. The van der Waals surface area contributed by atoms with Crippen LogP contribution in [0.15, 0.2) is 24.3 Å². The summed E-state index contributed by atoms with van der Waals surface area (Å²) in [4.78, 5) is 0. The van der Waals surface area contributed by atoms with Gasteiger partial charge >= 0.3 is 0 Å². The number of hydrogen-bond donors (Lipinski definition) is 1. The number of methoxy groups -OCH3 is 1. The van der Waals surface area contributed by atoms with Crippen molar-refractivity contribution in [1.29, 1.82) is 0 Å². The van der Waals surface area contributed by atoms with Crippen LogP contribution in [-0.4, -0.2) is 24.4 Å². The van der Waals surface area contributed by atoms with Crippen LogP contribution in [0.3, 0.4) is 0 Å². The van der Waals surface area contributed by atoms with Crippen molar-refractivity contribution < 1.29 is 14.6 Å². The van der Waals surface area contributed by atoms with Gasteiger partial charge in [-0.1, -0.05) is 12.1 Å². The van der Waals surface area contributed by atoms with E-state index in [4.69, 9.17) is 9.47 Å². The second-order valence-corrected chi connectivity index (χ2v) is 5.09. The van der Waals surface area contributed by atoms with Gasteiger partial charge in [0.2, 0.25) is 0 Å². The van der Waals surface area contributed by atoms with E-state index in [0.717, 1.165) is 30.6 Å². The lowest BCUT2D eigenvalue weighted by atomic mass is 9.78. The van der Waals surface area contributed by atoms with E-state index in [1.807, 2.05) is 24.3 Å². The third kappa shape index (κ3) is 3.03. The molecule has 100 valence electrons. The molecule has 1 N–H and O–H groups in total. The third-order valence-corrected chi connectivity index (χ3v) is 3.86. The zero-order valence-corrected chi connectivity index (χ0v) is 11.2. The maximum atomic E-state index is 9.51. The van der Waals surface area contributed by atoms with Gasteiger partial charge in [-0.15, -0.1) is 0 Å². The number of rotatable bonds is 6. The second kappa shape index (κ2) is 5.72. The van der Waals surface area contributed by atoms with Gasteiger partial charge in [-0.2, -0.15) is 0 Å². The Morgan fingerprint density at radius 2 is 2.17 bits per heavy atom. The lowest BCUT2D eigenvalue weighted by molar-refractivity contribution is -0.0835. The first kappa shape index (κ1) is 13.4. The second-order valence-electron chi connectivity index (χ2n) is 5.09. The Labute approximate surface area is 109 Å². The average Bonchev–Trinajstić information content (AvgIpc) is 2.33. The molecule has 1 aromatic rings.